The van der Waals surface area contributed by atoms with Gasteiger partial charge in [0.15, 0.2) is 0 Å². The molecule has 0 heterocycles. The number of ether oxygens (including phenoxy) is 1. The fourth-order valence-corrected chi connectivity index (χ4v) is 2.23. The Morgan fingerprint density at radius 3 is 2.50 bits per heavy atom. The number of methoxy groups -OCH3 is 1. The van der Waals surface area contributed by atoms with Crippen LogP contribution >= 0.6 is 11.6 Å². The van der Waals surface area contributed by atoms with Crippen LogP contribution in [0.3, 0.4) is 0 Å². The Morgan fingerprint density at radius 2 is 1.90 bits per heavy atom. The minimum Gasteiger partial charge on any atom is -0.508 e. The van der Waals surface area contributed by atoms with Gasteiger partial charge in [0.25, 0.3) is 0 Å². The number of phenolic OH excluding ortho intramolecular Hbond substituents is 1. The Hall–Kier alpha value is -1.87. The van der Waals surface area contributed by atoms with Gasteiger partial charge in [-0.05, 0) is 36.2 Å². The van der Waals surface area contributed by atoms with E-state index in [2.05, 4.69) is 12.2 Å². The maximum absolute atomic E-state index is 9.36. The van der Waals surface area contributed by atoms with Crippen LogP contribution in [0.5, 0.6) is 11.5 Å². The van der Waals surface area contributed by atoms with Gasteiger partial charge in [0.2, 0.25) is 0 Å². The molecule has 106 valence electrons. The van der Waals surface area contributed by atoms with E-state index in [0.29, 0.717) is 5.02 Å². The molecule has 0 radical (unpaired) electrons. The van der Waals surface area contributed by atoms with Gasteiger partial charge in [-0.25, -0.2) is 0 Å². The molecular formula is C16H18ClNO2. The highest BCUT2D eigenvalue weighted by Gasteiger charge is 2.11. The lowest BCUT2D eigenvalue weighted by atomic mass is 10.0. The van der Waals surface area contributed by atoms with E-state index in [9.17, 15) is 5.11 Å². The van der Waals surface area contributed by atoms with Crippen molar-refractivity contribution >= 4 is 17.3 Å². The van der Waals surface area contributed by atoms with Crippen LogP contribution in [0.1, 0.15) is 24.9 Å². The number of hydrogen-bond acceptors (Lipinski definition) is 3. The maximum Gasteiger partial charge on any atom is 0.121 e. The van der Waals surface area contributed by atoms with Crippen LogP contribution in [0.15, 0.2) is 42.5 Å². The predicted octanol–water partition coefficient (Wildman–Crippen LogP) is 4.62. The smallest absolute Gasteiger partial charge is 0.121 e. The van der Waals surface area contributed by atoms with Crippen molar-refractivity contribution in [1.82, 2.24) is 0 Å². The van der Waals surface area contributed by atoms with Gasteiger partial charge in [-0.2, -0.15) is 0 Å². The third kappa shape index (κ3) is 3.36. The minimum absolute atomic E-state index is 0.125. The number of benzene rings is 2. The molecule has 2 N–H and O–H groups in total. The highest BCUT2D eigenvalue weighted by Crippen LogP contribution is 2.31. The lowest BCUT2D eigenvalue weighted by Crippen LogP contribution is -2.10. The van der Waals surface area contributed by atoms with Crippen LogP contribution in [-0.4, -0.2) is 12.2 Å². The number of nitrogens with one attached hydrogen (secondary N) is 1. The largest absolute Gasteiger partial charge is 0.508 e. The van der Waals surface area contributed by atoms with Gasteiger partial charge in [-0.3, -0.25) is 0 Å². The van der Waals surface area contributed by atoms with Gasteiger partial charge < -0.3 is 15.2 Å². The molecular weight excluding hydrogens is 274 g/mol. The van der Waals surface area contributed by atoms with Gasteiger partial charge in [0, 0.05) is 6.07 Å². The molecule has 1 atom stereocenters. The predicted molar refractivity (Wildman–Crippen MR) is 82.8 cm³/mol. The number of aromatic hydroxyl groups is 1. The number of phenols is 1. The lowest BCUT2D eigenvalue weighted by Gasteiger charge is -2.20. The molecule has 0 spiro atoms. The second-order valence-electron chi connectivity index (χ2n) is 4.54. The normalized spacial score (nSPS) is 11.9. The molecule has 2 rings (SSSR count). The first-order valence-electron chi connectivity index (χ1n) is 6.53. The molecule has 0 amide bonds. The van der Waals surface area contributed by atoms with Crippen LogP contribution in [0, 0.1) is 0 Å². The zero-order valence-corrected chi connectivity index (χ0v) is 12.3. The van der Waals surface area contributed by atoms with Crippen molar-refractivity contribution in [3.05, 3.63) is 53.1 Å². The maximum atomic E-state index is 9.36. The monoisotopic (exact) mass is 291 g/mol. The Balaban J connectivity index is 2.23. The third-order valence-corrected chi connectivity index (χ3v) is 3.54. The number of hydrogen-bond donors (Lipinski definition) is 2. The summed E-state index contributed by atoms with van der Waals surface area (Å²) in [6, 6.07) is 12.8. The standard InChI is InChI=1S/C16H18ClNO2/c1-3-15(11-4-6-12(19)7-5-11)18-16-10-13(20-2)8-9-14(16)17/h4-10,15,18-19H,3H2,1-2H3. The first-order chi connectivity index (χ1) is 9.63. The van der Waals surface area contributed by atoms with E-state index >= 15 is 0 Å². The van der Waals surface area contributed by atoms with E-state index < -0.39 is 0 Å². The van der Waals surface area contributed by atoms with E-state index in [4.69, 9.17) is 16.3 Å². The Bertz CT molecular complexity index is 569. The van der Waals surface area contributed by atoms with Crippen molar-refractivity contribution in [2.75, 3.05) is 12.4 Å². The average molecular weight is 292 g/mol. The summed E-state index contributed by atoms with van der Waals surface area (Å²) in [7, 11) is 1.63. The second kappa shape index (κ2) is 6.53. The fourth-order valence-electron chi connectivity index (χ4n) is 2.06. The van der Waals surface area contributed by atoms with Gasteiger partial charge >= 0.3 is 0 Å². The van der Waals surface area contributed by atoms with Crippen LogP contribution < -0.4 is 10.1 Å². The van der Waals surface area contributed by atoms with Crippen molar-refractivity contribution in [3.8, 4) is 11.5 Å². The number of rotatable bonds is 5. The topological polar surface area (TPSA) is 41.5 Å². The highest BCUT2D eigenvalue weighted by atomic mass is 35.5. The summed E-state index contributed by atoms with van der Waals surface area (Å²) in [6.07, 6.45) is 0.901. The quantitative estimate of drug-likeness (QED) is 0.845. The van der Waals surface area contributed by atoms with Crippen LogP contribution in [0.4, 0.5) is 5.69 Å². The van der Waals surface area contributed by atoms with E-state index in [0.717, 1.165) is 23.4 Å². The summed E-state index contributed by atoms with van der Waals surface area (Å²) >= 11 is 6.21. The van der Waals surface area contributed by atoms with Gasteiger partial charge in [-0.1, -0.05) is 30.7 Å². The first-order valence-corrected chi connectivity index (χ1v) is 6.91. The summed E-state index contributed by atoms with van der Waals surface area (Å²) in [5.41, 5.74) is 1.94. The zero-order valence-electron chi connectivity index (χ0n) is 11.6. The molecule has 2 aromatic rings. The average Bonchev–Trinajstić information content (AvgIpc) is 2.47. The summed E-state index contributed by atoms with van der Waals surface area (Å²) in [4.78, 5) is 0. The molecule has 0 aliphatic rings. The Morgan fingerprint density at radius 1 is 1.20 bits per heavy atom. The van der Waals surface area contributed by atoms with Gasteiger partial charge in [0.05, 0.1) is 23.9 Å². The van der Waals surface area contributed by atoms with Crippen molar-refractivity contribution in [2.45, 2.75) is 19.4 Å². The molecule has 0 saturated heterocycles. The zero-order chi connectivity index (χ0) is 14.5. The van der Waals surface area contributed by atoms with Crippen LogP contribution in [-0.2, 0) is 0 Å². The molecule has 1 unspecified atom stereocenters. The van der Waals surface area contributed by atoms with Crippen molar-refractivity contribution < 1.29 is 9.84 Å². The van der Waals surface area contributed by atoms with Crippen LogP contribution in [0.2, 0.25) is 5.02 Å². The molecule has 0 aromatic heterocycles. The molecule has 0 aliphatic carbocycles. The SMILES string of the molecule is CCC(Nc1cc(OC)ccc1Cl)c1ccc(O)cc1. The fraction of sp³-hybridized carbons (Fsp3) is 0.250. The van der Waals surface area contributed by atoms with E-state index in [1.54, 1.807) is 19.2 Å². The molecule has 0 bridgehead atoms. The molecule has 0 aliphatic heterocycles. The van der Waals surface area contributed by atoms with E-state index in [1.165, 1.54) is 0 Å². The molecule has 2 aromatic carbocycles. The summed E-state index contributed by atoms with van der Waals surface area (Å²) in [6.45, 7) is 2.10. The van der Waals surface area contributed by atoms with Crippen molar-refractivity contribution in [2.24, 2.45) is 0 Å². The van der Waals surface area contributed by atoms with Gasteiger partial charge in [0.1, 0.15) is 11.5 Å². The van der Waals surface area contributed by atoms with Crippen LogP contribution in [0.25, 0.3) is 0 Å². The van der Waals surface area contributed by atoms with Gasteiger partial charge in [-0.15, -0.1) is 0 Å². The Kier molecular flexibility index (Phi) is 4.74. The second-order valence-corrected chi connectivity index (χ2v) is 4.95. The molecule has 0 saturated carbocycles. The summed E-state index contributed by atoms with van der Waals surface area (Å²) in [5, 5.41) is 13.4. The van der Waals surface area contributed by atoms with E-state index in [-0.39, 0.29) is 11.8 Å². The van der Waals surface area contributed by atoms with E-state index in [1.807, 2.05) is 30.3 Å². The number of halogens is 1. The highest BCUT2D eigenvalue weighted by molar-refractivity contribution is 6.33. The van der Waals surface area contributed by atoms with Crippen molar-refractivity contribution in [1.29, 1.82) is 0 Å². The molecule has 4 heteroatoms. The molecule has 0 fully saturated rings. The Labute approximate surface area is 124 Å². The summed E-state index contributed by atoms with van der Waals surface area (Å²) < 4.78 is 5.21. The lowest BCUT2D eigenvalue weighted by molar-refractivity contribution is 0.415. The first kappa shape index (κ1) is 14.5. The third-order valence-electron chi connectivity index (χ3n) is 3.21. The minimum atomic E-state index is 0.125. The summed E-state index contributed by atoms with van der Waals surface area (Å²) in [5.74, 6) is 1.03. The molecule has 20 heavy (non-hydrogen) atoms. The number of anilines is 1. The van der Waals surface area contributed by atoms with Crippen molar-refractivity contribution in [3.63, 3.8) is 0 Å². The molecule has 3 nitrogen and oxygen atoms in total.